The molecule has 0 aliphatic rings. The highest BCUT2D eigenvalue weighted by Crippen LogP contribution is 2.29. The van der Waals surface area contributed by atoms with Gasteiger partial charge in [-0.2, -0.15) is 0 Å². The number of methoxy groups -OCH3 is 1. The van der Waals surface area contributed by atoms with Crippen molar-refractivity contribution in [2.45, 2.75) is 0 Å². The predicted molar refractivity (Wildman–Crippen MR) is 98.2 cm³/mol. The highest BCUT2D eigenvalue weighted by Gasteiger charge is 2.13. The van der Waals surface area contributed by atoms with E-state index in [1.54, 1.807) is 30.3 Å². The molecule has 1 amide bonds. The molecule has 0 radical (unpaired) electrons. The van der Waals surface area contributed by atoms with Gasteiger partial charge in [0.2, 0.25) is 0 Å². The van der Waals surface area contributed by atoms with Crippen LogP contribution in [-0.4, -0.2) is 29.0 Å². The number of carbonyl (C=O) groups is 2. The van der Waals surface area contributed by atoms with E-state index in [9.17, 15) is 14.0 Å². The zero-order valence-corrected chi connectivity index (χ0v) is 14.8. The van der Waals surface area contributed by atoms with Crippen LogP contribution in [0.25, 0.3) is 11.1 Å². The second-order valence-electron chi connectivity index (χ2n) is 5.43. The smallest absolute Gasteiger partial charge is 0.337 e. The maximum Gasteiger partial charge on any atom is 0.337 e. The molecule has 0 unspecified atom stereocenters. The van der Waals surface area contributed by atoms with Gasteiger partial charge in [0.1, 0.15) is 5.82 Å². The molecule has 0 atom stereocenters. The lowest BCUT2D eigenvalue weighted by atomic mass is 10.0. The second-order valence-corrected chi connectivity index (χ2v) is 5.84. The molecule has 3 aromatic rings. The van der Waals surface area contributed by atoms with Crippen molar-refractivity contribution in [2.75, 3.05) is 12.4 Å². The van der Waals surface area contributed by atoms with Gasteiger partial charge in [-0.15, -0.1) is 0 Å². The molecule has 0 aliphatic heterocycles. The number of anilines is 1. The summed E-state index contributed by atoms with van der Waals surface area (Å²) in [4.78, 5) is 31.5. The fraction of sp³-hybridized carbons (Fsp3) is 0.0526. The third-order valence-corrected chi connectivity index (χ3v) is 4.05. The molecule has 6 nitrogen and oxygen atoms in total. The normalized spacial score (nSPS) is 10.3. The van der Waals surface area contributed by atoms with Crippen LogP contribution in [0.2, 0.25) is 5.02 Å². The van der Waals surface area contributed by atoms with Crippen molar-refractivity contribution in [3.63, 3.8) is 0 Å². The summed E-state index contributed by atoms with van der Waals surface area (Å²) in [7, 11) is 1.29. The SMILES string of the molecule is COC(=O)c1ccc(Cl)c(-c2ccc(NC(=O)c3ccncc3F)nc2)c1. The van der Waals surface area contributed by atoms with Crippen molar-refractivity contribution in [1.82, 2.24) is 9.97 Å². The van der Waals surface area contributed by atoms with Crippen molar-refractivity contribution >= 4 is 29.3 Å². The molecule has 0 spiro atoms. The summed E-state index contributed by atoms with van der Waals surface area (Å²) in [5.74, 6) is -1.61. The van der Waals surface area contributed by atoms with E-state index >= 15 is 0 Å². The Balaban J connectivity index is 1.83. The standard InChI is InChI=1S/C19H13ClFN3O3/c1-27-19(26)11-2-4-15(20)14(8-11)12-3-5-17(23-9-12)24-18(25)13-6-7-22-10-16(13)21/h2-10H,1H3,(H,23,24,25). The lowest BCUT2D eigenvalue weighted by molar-refractivity contribution is 0.0600. The van der Waals surface area contributed by atoms with E-state index in [1.807, 2.05) is 0 Å². The summed E-state index contributed by atoms with van der Waals surface area (Å²) < 4.78 is 18.3. The fourth-order valence-corrected chi connectivity index (χ4v) is 2.59. The Bertz CT molecular complexity index is 1010. The van der Waals surface area contributed by atoms with Gasteiger partial charge in [0, 0.05) is 28.5 Å². The zero-order valence-electron chi connectivity index (χ0n) is 14.1. The van der Waals surface area contributed by atoms with E-state index in [0.717, 1.165) is 6.20 Å². The predicted octanol–water partition coefficient (Wildman–Crippen LogP) is 3.98. The summed E-state index contributed by atoms with van der Waals surface area (Å²) in [5, 5.41) is 2.94. The topological polar surface area (TPSA) is 81.2 Å². The first kappa shape index (κ1) is 18.5. The number of rotatable bonds is 4. The minimum atomic E-state index is -0.724. The van der Waals surface area contributed by atoms with E-state index in [1.165, 1.54) is 25.6 Å². The zero-order chi connectivity index (χ0) is 19.4. The summed E-state index contributed by atoms with van der Waals surface area (Å²) >= 11 is 6.20. The Hall–Kier alpha value is -3.32. The molecule has 0 fully saturated rings. The fourth-order valence-electron chi connectivity index (χ4n) is 2.36. The summed E-state index contributed by atoms with van der Waals surface area (Å²) in [5.41, 5.74) is 1.44. The van der Waals surface area contributed by atoms with Crippen LogP contribution in [0, 0.1) is 5.82 Å². The molecule has 2 heterocycles. The Morgan fingerprint density at radius 1 is 1.15 bits per heavy atom. The molecular weight excluding hydrogens is 373 g/mol. The second kappa shape index (κ2) is 7.92. The number of nitrogens with zero attached hydrogens (tertiary/aromatic N) is 2. The summed E-state index contributed by atoms with van der Waals surface area (Å²) in [6.07, 6.45) is 3.77. The van der Waals surface area contributed by atoms with Gasteiger partial charge in [-0.05, 0) is 36.4 Å². The lowest BCUT2D eigenvalue weighted by Crippen LogP contribution is -2.14. The van der Waals surface area contributed by atoms with Crippen molar-refractivity contribution in [1.29, 1.82) is 0 Å². The quantitative estimate of drug-likeness (QED) is 0.687. The molecule has 0 bridgehead atoms. The van der Waals surface area contributed by atoms with Crippen LogP contribution in [-0.2, 0) is 4.74 Å². The first-order valence-corrected chi connectivity index (χ1v) is 8.12. The van der Waals surface area contributed by atoms with Crippen LogP contribution in [0.3, 0.4) is 0 Å². The van der Waals surface area contributed by atoms with Gasteiger partial charge in [0.05, 0.1) is 24.4 Å². The van der Waals surface area contributed by atoms with Crippen LogP contribution < -0.4 is 5.32 Å². The molecule has 2 aromatic heterocycles. The van der Waals surface area contributed by atoms with Crippen molar-refractivity contribution in [2.24, 2.45) is 0 Å². The number of pyridine rings is 2. The van der Waals surface area contributed by atoms with Gasteiger partial charge >= 0.3 is 5.97 Å². The molecule has 1 aromatic carbocycles. The first-order valence-electron chi connectivity index (χ1n) is 7.74. The summed E-state index contributed by atoms with van der Waals surface area (Å²) in [6, 6.07) is 9.24. The number of nitrogens with one attached hydrogen (secondary N) is 1. The maximum absolute atomic E-state index is 13.6. The molecule has 0 aliphatic carbocycles. The number of amides is 1. The van der Waals surface area contributed by atoms with Gasteiger partial charge < -0.3 is 10.1 Å². The Morgan fingerprint density at radius 2 is 1.96 bits per heavy atom. The van der Waals surface area contributed by atoms with Crippen LogP contribution in [0.15, 0.2) is 55.0 Å². The Kier molecular flexibility index (Phi) is 5.42. The number of halogens is 2. The number of hydrogen-bond donors (Lipinski definition) is 1. The Morgan fingerprint density at radius 3 is 2.63 bits per heavy atom. The molecule has 27 heavy (non-hydrogen) atoms. The number of carbonyl (C=O) groups excluding carboxylic acids is 2. The first-order chi connectivity index (χ1) is 13.0. The maximum atomic E-state index is 13.6. The van der Waals surface area contributed by atoms with E-state index in [4.69, 9.17) is 16.3 Å². The van der Waals surface area contributed by atoms with Crippen LogP contribution in [0.5, 0.6) is 0 Å². The number of aromatic nitrogens is 2. The Labute approximate surface area is 159 Å². The minimum absolute atomic E-state index is 0.135. The van der Waals surface area contributed by atoms with E-state index in [0.29, 0.717) is 21.7 Å². The number of ether oxygens (including phenoxy) is 1. The van der Waals surface area contributed by atoms with Gasteiger partial charge in [-0.1, -0.05) is 11.6 Å². The third-order valence-electron chi connectivity index (χ3n) is 3.72. The number of benzene rings is 1. The van der Waals surface area contributed by atoms with Gasteiger partial charge in [0.15, 0.2) is 5.82 Å². The van der Waals surface area contributed by atoms with Crippen LogP contribution in [0.1, 0.15) is 20.7 Å². The largest absolute Gasteiger partial charge is 0.465 e. The molecule has 8 heteroatoms. The molecular formula is C19H13ClFN3O3. The van der Waals surface area contributed by atoms with E-state index in [-0.39, 0.29) is 11.4 Å². The third kappa shape index (κ3) is 4.09. The highest BCUT2D eigenvalue weighted by atomic mass is 35.5. The number of esters is 1. The van der Waals surface area contributed by atoms with Crippen molar-refractivity contribution in [3.05, 3.63) is 77.0 Å². The van der Waals surface area contributed by atoms with Crippen molar-refractivity contribution in [3.8, 4) is 11.1 Å². The van der Waals surface area contributed by atoms with E-state index < -0.39 is 17.7 Å². The summed E-state index contributed by atoms with van der Waals surface area (Å²) in [6.45, 7) is 0. The van der Waals surface area contributed by atoms with E-state index in [2.05, 4.69) is 15.3 Å². The highest BCUT2D eigenvalue weighted by molar-refractivity contribution is 6.33. The molecule has 0 saturated carbocycles. The molecule has 0 saturated heterocycles. The molecule has 136 valence electrons. The molecule has 3 rings (SSSR count). The molecule has 1 N–H and O–H groups in total. The van der Waals surface area contributed by atoms with Gasteiger partial charge in [-0.25, -0.2) is 14.2 Å². The van der Waals surface area contributed by atoms with Crippen molar-refractivity contribution < 1.29 is 18.7 Å². The van der Waals surface area contributed by atoms with Gasteiger partial charge in [0.25, 0.3) is 5.91 Å². The average molecular weight is 386 g/mol. The monoisotopic (exact) mass is 385 g/mol. The van der Waals surface area contributed by atoms with Crippen LogP contribution in [0.4, 0.5) is 10.2 Å². The lowest BCUT2D eigenvalue weighted by Gasteiger charge is -2.09. The van der Waals surface area contributed by atoms with Gasteiger partial charge in [-0.3, -0.25) is 9.78 Å². The number of hydrogen-bond acceptors (Lipinski definition) is 5. The minimum Gasteiger partial charge on any atom is -0.465 e. The average Bonchev–Trinajstić information content (AvgIpc) is 2.68. The van der Waals surface area contributed by atoms with Crippen LogP contribution >= 0.6 is 11.6 Å².